The summed E-state index contributed by atoms with van der Waals surface area (Å²) < 4.78 is 8.57. The Morgan fingerprint density at radius 1 is 1.43 bits per heavy atom. The molecule has 0 aromatic heterocycles. The smallest absolute Gasteiger partial charge is 0.484 e. The summed E-state index contributed by atoms with van der Waals surface area (Å²) in [5.41, 5.74) is 0. The van der Waals surface area contributed by atoms with Crippen molar-refractivity contribution in [1.29, 1.82) is 0 Å². The van der Waals surface area contributed by atoms with Crippen LogP contribution in [0.5, 0.6) is 0 Å². The molecule has 0 aliphatic heterocycles. The molecule has 0 heterocycles. The summed E-state index contributed by atoms with van der Waals surface area (Å²) in [4.78, 5) is 9.10. The molecule has 4 heteroatoms. The summed E-state index contributed by atoms with van der Waals surface area (Å²) in [6.45, 7) is 0. The molecule has 0 amide bonds. The highest BCUT2D eigenvalue weighted by molar-refractivity contribution is 6.04. The van der Waals surface area contributed by atoms with Crippen LogP contribution in [0.1, 0.15) is 0 Å². The highest BCUT2D eigenvalue weighted by atomic mass is 28.2. The van der Waals surface area contributed by atoms with Gasteiger partial charge >= 0.3 is 9.65 Å². The third kappa shape index (κ3) is 1660. The molecule has 0 rings (SSSR count). The maximum Gasteiger partial charge on any atom is 0.484 e. The van der Waals surface area contributed by atoms with E-state index in [0.29, 0.717) is 0 Å². The predicted molar refractivity (Wildman–Crippen MR) is 29.7 cm³/mol. The number of rotatable bonds is 0. The highest BCUT2D eigenvalue weighted by Crippen LogP contribution is 1.47. The van der Waals surface area contributed by atoms with E-state index in [0.717, 1.165) is 0 Å². The van der Waals surface area contributed by atoms with Gasteiger partial charge in [0.2, 0.25) is 0 Å². The van der Waals surface area contributed by atoms with E-state index >= 15 is 0 Å². The topological polar surface area (TPSA) is 40.5 Å². The normalized spacial score (nSPS) is 6.86. The molecule has 0 aliphatic rings. The molecule has 7 heavy (non-hydrogen) atoms. The molecular weight excluding hydrogens is 110 g/mol. The SMILES string of the molecule is CN(C)C.O=[SiH]O. The lowest BCUT2D eigenvalue weighted by atomic mass is 11.0. The number of hydrogen-bond acceptors (Lipinski definition) is 2. The fraction of sp³-hybridized carbons (Fsp3) is 1.00. The molecule has 0 radical (unpaired) electrons. The van der Waals surface area contributed by atoms with Gasteiger partial charge in [0.25, 0.3) is 0 Å². The van der Waals surface area contributed by atoms with Crippen molar-refractivity contribution >= 4 is 9.65 Å². The highest BCUT2D eigenvalue weighted by Gasteiger charge is 1.58. The van der Waals surface area contributed by atoms with E-state index < -0.39 is 9.65 Å². The van der Waals surface area contributed by atoms with Crippen molar-refractivity contribution in [3.8, 4) is 0 Å². The maximum absolute atomic E-state index is 8.57. The lowest BCUT2D eigenvalue weighted by Crippen LogP contribution is -1.99. The van der Waals surface area contributed by atoms with Crippen molar-refractivity contribution in [2.24, 2.45) is 0 Å². The molecule has 0 saturated heterocycles. The average molecular weight is 121 g/mol. The molecule has 0 spiro atoms. The first kappa shape index (κ1) is 9.91. The first-order chi connectivity index (χ1) is 3.15. The summed E-state index contributed by atoms with van der Waals surface area (Å²) >= 11 is 0. The van der Waals surface area contributed by atoms with Crippen LogP contribution in [-0.2, 0) is 4.46 Å². The standard InChI is InChI=1S/C3H9N.H2O2Si/c1-4(2)3;1-3-2/h1-3H3;1,3H. The summed E-state index contributed by atoms with van der Waals surface area (Å²) in [5, 5.41) is 0. The van der Waals surface area contributed by atoms with E-state index in [2.05, 4.69) is 0 Å². The Labute approximate surface area is 46.0 Å². The quantitative estimate of drug-likeness (QED) is 0.412. The summed E-state index contributed by atoms with van der Waals surface area (Å²) in [6.07, 6.45) is 0. The van der Waals surface area contributed by atoms with E-state index in [-0.39, 0.29) is 0 Å². The van der Waals surface area contributed by atoms with Crippen LogP contribution >= 0.6 is 0 Å². The van der Waals surface area contributed by atoms with Crippen molar-refractivity contribution in [3.63, 3.8) is 0 Å². The Morgan fingerprint density at radius 3 is 1.43 bits per heavy atom. The van der Waals surface area contributed by atoms with Crippen molar-refractivity contribution in [2.45, 2.75) is 0 Å². The van der Waals surface area contributed by atoms with Crippen LogP contribution in [0.25, 0.3) is 0 Å². The van der Waals surface area contributed by atoms with Gasteiger partial charge in [0, 0.05) is 0 Å². The van der Waals surface area contributed by atoms with Crippen LogP contribution in [0, 0.1) is 0 Å². The lowest BCUT2D eigenvalue weighted by molar-refractivity contribution is 0.478. The third-order valence-corrected chi connectivity index (χ3v) is 0. The minimum Gasteiger partial charge on any atom is -0.541 e. The number of nitrogens with zero attached hydrogens (tertiary/aromatic N) is 1. The molecule has 0 aromatic carbocycles. The van der Waals surface area contributed by atoms with E-state index in [1.165, 1.54) is 0 Å². The first-order valence-corrected chi connectivity index (χ1v) is 2.82. The monoisotopic (exact) mass is 121 g/mol. The Balaban J connectivity index is 0. The van der Waals surface area contributed by atoms with Crippen LogP contribution in [0.4, 0.5) is 0 Å². The van der Waals surface area contributed by atoms with Crippen molar-refractivity contribution in [3.05, 3.63) is 0 Å². The van der Waals surface area contributed by atoms with Gasteiger partial charge in [0.05, 0.1) is 0 Å². The molecule has 0 aliphatic carbocycles. The van der Waals surface area contributed by atoms with E-state index in [9.17, 15) is 0 Å². The van der Waals surface area contributed by atoms with Gasteiger partial charge in [-0.15, -0.1) is 0 Å². The van der Waals surface area contributed by atoms with E-state index in [1.54, 1.807) is 0 Å². The summed E-state index contributed by atoms with van der Waals surface area (Å²) in [5.74, 6) is 0. The summed E-state index contributed by atoms with van der Waals surface area (Å²) in [7, 11) is 4.50. The minimum atomic E-state index is -1.50. The van der Waals surface area contributed by atoms with Crippen LogP contribution in [0.3, 0.4) is 0 Å². The second-order valence-corrected chi connectivity index (χ2v) is 1.66. The van der Waals surface area contributed by atoms with Crippen LogP contribution < -0.4 is 0 Å². The van der Waals surface area contributed by atoms with Gasteiger partial charge in [-0.25, -0.2) is 0 Å². The fourth-order valence-electron chi connectivity index (χ4n) is 0. The van der Waals surface area contributed by atoms with Gasteiger partial charge in [-0.05, 0) is 21.1 Å². The van der Waals surface area contributed by atoms with Gasteiger partial charge in [-0.3, -0.25) is 0 Å². The van der Waals surface area contributed by atoms with Crippen LogP contribution in [0.2, 0.25) is 0 Å². The van der Waals surface area contributed by atoms with Gasteiger partial charge in [-0.1, -0.05) is 0 Å². The number of hydrogen-bond donors (Lipinski definition) is 1. The Morgan fingerprint density at radius 2 is 1.43 bits per heavy atom. The molecule has 44 valence electrons. The summed E-state index contributed by atoms with van der Waals surface area (Å²) in [6, 6.07) is 0. The molecule has 0 bridgehead atoms. The molecule has 0 aromatic rings. The lowest BCUT2D eigenvalue weighted by Gasteiger charge is -1.90. The zero-order chi connectivity index (χ0) is 6.28. The third-order valence-electron chi connectivity index (χ3n) is 0. The molecule has 0 unspecified atom stereocenters. The van der Waals surface area contributed by atoms with Crippen molar-refractivity contribution < 1.29 is 9.26 Å². The molecular formula is C3H11NO2Si. The van der Waals surface area contributed by atoms with Crippen LogP contribution in [-0.4, -0.2) is 40.5 Å². The zero-order valence-electron chi connectivity index (χ0n) is 4.88. The molecule has 1 N–H and O–H groups in total. The first-order valence-electron chi connectivity index (χ1n) is 1.84. The zero-order valence-corrected chi connectivity index (χ0v) is 6.03. The van der Waals surface area contributed by atoms with Gasteiger partial charge in [0.1, 0.15) is 0 Å². The fourth-order valence-corrected chi connectivity index (χ4v) is 0. The van der Waals surface area contributed by atoms with Gasteiger partial charge < -0.3 is 14.2 Å². The molecule has 0 fully saturated rings. The Bertz CT molecular complexity index is 37.2. The van der Waals surface area contributed by atoms with E-state index in [4.69, 9.17) is 9.26 Å². The maximum atomic E-state index is 8.57. The van der Waals surface area contributed by atoms with Crippen molar-refractivity contribution in [1.82, 2.24) is 4.90 Å². The molecule has 0 atom stereocenters. The van der Waals surface area contributed by atoms with Crippen molar-refractivity contribution in [2.75, 3.05) is 21.1 Å². The molecule has 0 saturated carbocycles. The Hall–Kier alpha value is -0.223. The Kier molecular flexibility index (Phi) is 13.1. The second-order valence-electron chi connectivity index (χ2n) is 1.45. The van der Waals surface area contributed by atoms with Gasteiger partial charge in [-0.2, -0.15) is 0 Å². The largest absolute Gasteiger partial charge is 0.541 e. The minimum absolute atomic E-state index is 1.50. The predicted octanol–water partition coefficient (Wildman–Crippen LogP) is -1.15. The average Bonchev–Trinajstić information content (AvgIpc) is 1.33. The second kappa shape index (κ2) is 9.24. The van der Waals surface area contributed by atoms with Gasteiger partial charge in [0.15, 0.2) is 0 Å². The molecule has 3 nitrogen and oxygen atoms in total. The van der Waals surface area contributed by atoms with Crippen LogP contribution in [0.15, 0.2) is 0 Å². The van der Waals surface area contributed by atoms with E-state index in [1.807, 2.05) is 26.0 Å².